The van der Waals surface area contributed by atoms with E-state index in [1.807, 2.05) is 24.4 Å². The molecule has 0 bridgehead atoms. The van der Waals surface area contributed by atoms with Crippen molar-refractivity contribution in [1.29, 1.82) is 0 Å². The third kappa shape index (κ3) is 1.77. The number of carbonyl (C=O) groups is 1. The van der Waals surface area contributed by atoms with Crippen LogP contribution in [0.3, 0.4) is 0 Å². The quantitative estimate of drug-likeness (QED) is 0.498. The average Bonchev–Trinajstić information content (AvgIpc) is 2.53. The Morgan fingerprint density at radius 3 is 3.00 bits per heavy atom. The Kier molecular flexibility index (Phi) is 2.60. The van der Waals surface area contributed by atoms with Crippen molar-refractivity contribution in [2.75, 3.05) is 0 Å². The summed E-state index contributed by atoms with van der Waals surface area (Å²) in [6.45, 7) is 5.43. The molecule has 0 saturated heterocycles. The van der Waals surface area contributed by atoms with Crippen LogP contribution in [0, 0.1) is 5.92 Å². The smallest absolute Gasteiger partial charge is 0.179 e. The van der Waals surface area contributed by atoms with Gasteiger partial charge < -0.3 is 0 Å². The SMILES string of the molecule is C=C[C@H](C)C(=O)c1cccs1. The highest BCUT2D eigenvalue weighted by Crippen LogP contribution is 2.14. The van der Waals surface area contributed by atoms with Crippen LogP contribution >= 0.6 is 11.3 Å². The molecule has 1 aromatic rings. The van der Waals surface area contributed by atoms with E-state index in [-0.39, 0.29) is 11.7 Å². The summed E-state index contributed by atoms with van der Waals surface area (Å²) in [5, 5.41) is 1.91. The number of hydrogen-bond acceptors (Lipinski definition) is 2. The van der Waals surface area contributed by atoms with Crippen LogP contribution in [-0.4, -0.2) is 5.78 Å². The molecule has 1 nitrogen and oxygen atoms in total. The predicted octanol–water partition coefficient (Wildman–Crippen LogP) is 2.75. The Balaban J connectivity index is 2.78. The summed E-state index contributed by atoms with van der Waals surface area (Å²) in [6, 6.07) is 3.72. The molecule has 0 aliphatic heterocycles. The van der Waals surface area contributed by atoms with Crippen molar-refractivity contribution in [3.63, 3.8) is 0 Å². The number of hydrogen-bond donors (Lipinski definition) is 0. The van der Waals surface area contributed by atoms with E-state index in [2.05, 4.69) is 6.58 Å². The Bertz CT molecular complexity index is 249. The van der Waals surface area contributed by atoms with Gasteiger partial charge in [-0.25, -0.2) is 0 Å². The summed E-state index contributed by atoms with van der Waals surface area (Å²) in [7, 11) is 0. The third-order valence-corrected chi connectivity index (χ3v) is 2.42. The first-order valence-corrected chi connectivity index (χ1v) is 4.34. The van der Waals surface area contributed by atoms with E-state index in [4.69, 9.17) is 0 Å². The fraction of sp³-hybridized carbons (Fsp3) is 0.222. The topological polar surface area (TPSA) is 17.1 Å². The van der Waals surface area contributed by atoms with Gasteiger partial charge in [0, 0.05) is 5.92 Å². The fourth-order valence-electron chi connectivity index (χ4n) is 0.750. The number of allylic oxidation sites excluding steroid dienone is 1. The molecule has 0 aliphatic carbocycles. The first kappa shape index (κ1) is 8.21. The molecule has 0 aliphatic rings. The third-order valence-electron chi connectivity index (χ3n) is 1.53. The molecule has 0 spiro atoms. The molecule has 0 aromatic carbocycles. The number of thiophene rings is 1. The lowest BCUT2D eigenvalue weighted by molar-refractivity contribution is 0.0957. The normalized spacial score (nSPS) is 12.5. The largest absolute Gasteiger partial charge is 0.293 e. The standard InChI is InChI=1S/C9H10OS/c1-3-7(2)9(10)8-5-4-6-11-8/h3-7H,1H2,2H3/t7-/m0/s1. The van der Waals surface area contributed by atoms with Crippen molar-refractivity contribution in [2.45, 2.75) is 6.92 Å². The maximum Gasteiger partial charge on any atom is 0.179 e. The van der Waals surface area contributed by atoms with Gasteiger partial charge in [-0.15, -0.1) is 17.9 Å². The van der Waals surface area contributed by atoms with Crippen LogP contribution in [0.25, 0.3) is 0 Å². The number of Topliss-reactive ketones (excluding diaryl/α,β-unsaturated/α-hetero) is 1. The molecule has 2 heteroatoms. The van der Waals surface area contributed by atoms with E-state index in [0.717, 1.165) is 4.88 Å². The summed E-state index contributed by atoms with van der Waals surface area (Å²) < 4.78 is 0. The summed E-state index contributed by atoms with van der Waals surface area (Å²) in [5.74, 6) is 0.101. The van der Waals surface area contributed by atoms with Crippen LogP contribution in [-0.2, 0) is 0 Å². The van der Waals surface area contributed by atoms with E-state index in [0.29, 0.717) is 0 Å². The van der Waals surface area contributed by atoms with Gasteiger partial charge in [0.05, 0.1) is 4.88 Å². The van der Waals surface area contributed by atoms with E-state index in [1.54, 1.807) is 6.08 Å². The number of carbonyl (C=O) groups excluding carboxylic acids is 1. The van der Waals surface area contributed by atoms with Crippen LogP contribution in [0.1, 0.15) is 16.6 Å². The highest BCUT2D eigenvalue weighted by molar-refractivity contribution is 7.12. The van der Waals surface area contributed by atoms with E-state index in [9.17, 15) is 4.79 Å². The summed E-state index contributed by atoms with van der Waals surface area (Å²) in [6.07, 6.45) is 1.67. The molecule has 58 valence electrons. The molecule has 1 aromatic heterocycles. The monoisotopic (exact) mass is 166 g/mol. The molecular weight excluding hydrogens is 156 g/mol. The number of rotatable bonds is 3. The van der Waals surface area contributed by atoms with Gasteiger partial charge in [-0.2, -0.15) is 0 Å². The Labute approximate surface area is 70.4 Å². The van der Waals surface area contributed by atoms with Crippen molar-refractivity contribution in [3.8, 4) is 0 Å². The minimum atomic E-state index is -0.0614. The van der Waals surface area contributed by atoms with Gasteiger partial charge in [0.15, 0.2) is 5.78 Å². The first-order chi connectivity index (χ1) is 5.25. The van der Waals surface area contributed by atoms with Crippen molar-refractivity contribution in [3.05, 3.63) is 35.0 Å². The van der Waals surface area contributed by atoms with Crippen molar-refractivity contribution in [2.24, 2.45) is 5.92 Å². The molecular formula is C9H10OS. The van der Waals surface area contributed by atoms with Gasteiger partial charge in [-0.3, -0.25) is 4.79 Å². The predicted molar refractivity (Wildman–Crippen MR) is 48.0 cm³/mol. The Morgan fingerprint density at radius 1 is 1.82 bits per heavy atom. The summed E-state index contributed by atoms with van der Waals surface area (Å²) in [5.41, 5.74) is 0. The molecule has 0 fully saturated rings. The van der Waals surface area contributed by atoms with Crippen molar-refractivity contribution in [1.82, 2.24) is 0 Å². The molecule has 0 saturated carbocycles. The lowest BCUT2D eigenvalue weighted by atomic mass is 10.1. The van der Waals surface area contributed by atoms with E-state index < -0.39 is 0 Å². The lowest BCUT2D eigenvalue weighted by Gasteiger charge is -2.00. The Hall–Kier alpha value is -0.890. The lowest BCUT2D eigenvalue weighted by Crippen LogP contribution is -2.05. The highest BCUT2D eigenvalue weighted by Gasteiger charge is 2.11. The molecule has 0 radical (unpaired) electrons. The van der Waals surface area contributed by atoms with Crippen molar-refractivity contribution >= 4 is 17.1 Å². The van der Waals surface area contributed by atoms with Gasteiger partial charge in [0.2, 0.25) is 0 Å². The maximum atomic E-state index is 11.4. The van der Waals surface area contributed by atoms with Gasteiger partial charge in [-0.05, 0) is 11.4 Å². The molecule has 1 heterocycles. The fourth-order valence-corrected chi connectivity index (χ4v) is 1.51. The van der Waals surface area contributed by atoms with Crippen LogP contribution in [0.4, 0.5) is 0 Å². The zero-order valence-corrected chi connectivity index (χ0v) is 7.23. The van der Waals surface area contributed by atoms with E-state index in [1.165, 1.54) is 11.3 Å². The van der Waals surface area contributed by atoms with Gasteiger partial charge in [0.25, 0.3) is 0 Å². The van der Waals surface area contributed by atoms with Crippen LogP contribution < -0.4 is 0 Å². The Morgan fingerprint density at radius 2 is 2.55 bits per heavy atom. The highest BCUT2D eigenvalue weighted by atomic mass is 32.1. The molecule has 1 atom stereocenters. The van der Waals surface area contributed by atoms with Crippen LogP contribution in [0.15, 0.2) is 30.2 Å². The first-order valence-electron chi connectivity index (χ1n) is 3.46. The van der Waals surface area contributed by atoms with Gasteiger partial charge in [0.1, 0.15) is 0 Å². The minimum Gasteiger partial charge on any atom is -0.293 e. The molecule has 11 heavy (non-hydrogen) atoms. The number of ketones is 1. The second kappa shape index (κ2) is 3.49. The molecule has 0 N–H and O–H groups in total. The second-order valence-corrected chi connectivity index (χ2v) is 3.31. The molecule has 0 amide bonds. The van der Waals surface area contributed by atoms with Gasteiger partial charge in [-0.1, -0.05) is 19.1 Å². The summed E-state index contributed by atoms with van der Waals surface area (Å²) in [4.78, 5) is 12.2. The summed E-state index contributed by atoms with van der Waals surface area (Å²) >= 11 is 1.48. The van der Waals surface area contributed by atoms with E-state index >= 15 is 0 Å². The molecule has 1 rings (SSSR count). The van der Waals surface area contributed by atoms with Crippen LogP contribution in [0.5, 0.6) is 0 Å². The van der Waals surface area contributed by atoms with Gasteiger partial charge >= 0.3 is 0 Å². The maximum absolute atomic E-state index is 11.4. The zero-order valence-electron chi connectivity index (χ0n) is 6.41. The zero-order chi connectivity index (χ0) is 8.27. The second-order valence-electron chi connectivity index (χ2n) is 2.37. The minimum absolute atomic E-state index is 0.0614. The average molecular weight is 166 g/mol. The van der Waals surface area contributed by atoms with Crippen molar-refractivity contribution < 1.29 is 4.79 Å². The van der Waals surface area contributed by atoms with Crippen LogP contribution in [0.2, 0.25) is 0 Å². The molecule has 0 unspecified atom stereocenters.